The van der Waals surface area contributed by atoms with Crippen LogP contribution in [0, 0.1) is 11.3 Å². The first-order chi connectivity index (χ1) is 12.0. The van der Waals surface area contributed by atoms with Crippen LogP contribution in [0.5, 0.6) is 0 Å². The first-order valence-corrected chi connectivity index (χ1v) is 8.03. The summed E-state index contributed by atoms with van der Waals surface area (Å²) in [5, 5.41) is 17.3. The van der Waals surface area contributed by atoms with Gasteiger partial charge in [0.15, 0.2) is 0 Å². The third-order valence-corrected chi connectivity index (χ3v) is 3.87. The van der Waals surface area contributed by atoms with Gasteiger partial charge in [0.25, 0.3) is 5.91 Å². The molecule has 0 unspecified atom stereocenters. The first-order valence-electron chi connectivity index (χ1n) is 7.28. The topological polar surface area (TPSA) is 94.0 Å². The number of halogens is 2. The van der Waals surface area contributed by atoms with Crippen LogP contribution in [0.2, 0.25) is 10.0 Å². The van der Waals surface area contributed by atoms with Gasteiger partial charge < -0.3 is 16.0 Å². The van der Waals surface area contributed by atoms with Gasteiger partial charge in [-0.3, -0.25) is 4.79 Å². The lowest BCUT2D eigenvalue weighted by Gasteiger charge is -2.09. The van der Waals surface area contributed by atoms with Gasteiger partial charge in [-0.25, -0.2) is 4.79 Å². The van der Waals surface area contributed by atoms with Gasteiger partial charge >= 0.3 is 6.03 Å². The number of carbonyl (C=O) groups excluding carboxylic acids is 2. The zero-order valence-corrected chi connectivity index (χ0v) is 14.5. The molecule has 3 amide bonds. The zero-order valence-electron chi connectivity index (χ0n) is 13.0. The van der Waals surface area contributed by atoms with Crippen LogP contribution < -0.4 is 16.0 Å². The smallest absolute Gasteiger partial charge is 0.319 e. The van der Waals surface area contributed by atoms with Gasteiger partial charge in [0.05, 0.1) is 21.7 Å². The van der Waals surface area contributed by atoms with Gasteiger partial charge in [0, 0.05) is 24.3 Å². The molecule has 0 aliphatic heterocycles. The van der Waals surface area contributed by atoms with E-state index in [4.69, 9.17) is 28.5 Å². The molecular formula is C17H14Cl2N4O2. The molecule has 0 aliphatic rings. The number of urea groups is 1. The highest BCUT2D eigenvalue weighted by Gasteiger charge is 2.08. The maximum atomic E-state index is 11.9. The van der Waals surface area contributed by atoms with Crippen LogP contribution in [0.25, 0.3) is 0 Å². The van der Waals surface area contributed by atoms with Crippen molar-refractivity contribution in [3.63, 3.8) is 0 Å². The molecule has 0 atom stereocenters. The number of benzene rings is 2. The van der Waals surface area contributed by atoms with E-state index >= 15 is 0 Å². The zero-order chi connectivity index (χ0) is 18.2. The predicted octanol–water partition coefficient (Wildman–Crippen LogP) is 3.42. The molecule has 3 N–H and O–H groups in total. The van der Waals surface area contributed by atoms with Crippen LogP contribution >= 0.6 is 23.2 Å². The van der Waals surface area contributed by atoms with Crippen molar-refractivity contribution in [3.8, 4) is 6.07 Å². The standard InChI is InChI=1S/C17H14Cl2N4O2/c18-14-5-4-12(9-15(14)19)16(24)21-6-7-22-17(25)23-13-3-1-2-11(8-13)10-20/h1-5,8-9H,6-7H2,(H,21,24)(H2,22,23,25). The Hall–Kier alpha value is -2.75. The minimum absolute atomic E-state index is 0.233. The summed E-state index contributed by atoms with van der Waals surface area (Å²) in [6.45, 7) is 0.474. The fourth-order valence-electron chi connectivity index (χ4n) is 1.93. The van der Waals surface area contributed by atoms with Crippen LogP contribution in [-0.2, 0) is 0 Å². The molecule has 0 heterocycles. The van der Waals surface area contributed by atoms with Crippen LogP contribution in [-0.4, -0.2) is 25.0 Å². The molecule has 6 nitrogen and oxygen atoms in total. The molecule has 0 aliphatic carbocycles. The van der Waals surface area contributed by atoms with Crippen LogP contribution in [0.3, 0.4) is 0 Å². The number of amides is 3. The van der Waals surface area contributed by atoms with E-state index in [1.807, 2.05) is 6.07 Å². The largest absolute Gasteiger partial charge is 0.350 e. The van der Waals surface area contributed by atoms with E-state index < -0.39 is 6.03 Å². The van der Waals surface area contributed by atoms with E-state index in [2.05, 4.69) is 16.0 Å². The lowest BCUT2D eigenvalue weighted by atomic mass is 10.2. The van der Waals surface area contributed by atoms with Gasteiger partial charge in [-0.1, -0.05) is 29.3 Å². The lowest BCUT2D eigenvalue weighted by molar-refractivity contribution is 0.0954. The Morgan fingerprint density at radius 2 is 1.76 bits per heavy atom. The van der Waals surface area contributed by atoms with Gasteiger partial charge in [0.2, 0.25) is 0 Å². The molecule has 128 valence electrons. The summed E-state index contributed by atoms with van der Waals surface area (Å²) in [5.41, 5.74) is 1.34. The van der Waals surface area contributed by atoms with Crippen molar-refractivity contribution in [2.24, 2.45) is 0 Å². The number of carbonyl (C=O) groups is 2. The number of hydrogen-bond acceptors (Lipinski definition) is 3. The molecule has 0 saturated carbocycles. The highest BCUT2D eigenvalue weighted by Crippen LogP contribution is 2.22. The highest BCUT2D eigenvalue weighted by atomic mass is 35.5. The highest BCUT2D eigenvalue weighted by molar-refractivity contribution is 6.42. The SMILES string of the molecule is N#Cc1cccc(NC(=O)NCCNC(=O)c2ccc(Cl)c(Cl)c2)c1. The molecule has 2 rings (SSSR count). The average molecular weight is 377 g/mol. The molecule has 0 saturated heterocycles. The van der Waals surface area contributed by atoms with Crippen molar-refractivity contribution >= 4 is 40.8 Å². The van der Waals surface area contributed by atoms with Crippen LogP contribution in [0.4, 0.5) is 10.5 Å². The van der Waals surface area contributed by atoms with E-state index in [1.54, 1.807) is 36.4 Å². The molecule has 0 radical (unpaired) electrons. The molecule has 0 aromatic heterocycles. The Kier molecular flexibility index (Phi) is 6.63. The summed E-state index contributed by atoms with van der Waals surface area (Å²) >= 11 is 11.7. The summed E-state index contributed by atoms with van der Waals surface area (Å²) < 4.78 is 0. The van der Waals surface area contributed by atoms with Gasteiger partial charge in [0.1, 0.15) is 0 Å². The molecule has 2 aromatic carbocycles. The fraction of sp³-hybridized carbons (Fsp3) is 0.118. The third kappa shape index (κ3) is 5.68. The second-order valence-electron chi connectivity index (χ2n) is 4.96. The van der Waals surface area contributed by atoms with Gasteiger partial charge in [-0.15, -0.1) is 0 Å². The minimum Gasteiger partial charge on any atom is -0.350 e. The number of rotatable bonds is 5. The Bertz CT molecular complexity index is 834. The summed E-state index contributed by atoms with van der Waals surface area (Å²) in [4.78, 5) is 23.7. The second-order valence-corrected chi connectivity index (χ2v) is 5.77. The van der Waals surface area contributed by atoms with E-state index in [0.717, 1.165) is 0 Å². The quantitative estimate of drug-likeness (QED) is 0.697. The summed E-state index contributed by atoms with van der Waals surface area (Å²) in [6, 6.07) is 12.7. The van der Waals surface area contributed by atoms with E-state index in [9.17, 15) is 9.59 Å². The Morgan fingerprint density at radius 3 is 2.48 bits per heavy atom. The van der Waals surface area contributed by atoms with E-state index in [-0.39, 0.29) is 19.0 Å². The van der Waals surface area contributed by atoms with Crippen molar-refractivity contribution in [3.05, 3.63) is 63.6 Å². The Balaban J connectivity index is 1.74. The number of anilines is 1. The first kappa shape index (κ1) is 18.6. The third-order valence-electron chi connectivity index (χ3n) is 3.13. The number of hydrogen-bond donors (Lipinski definition) is 3. The second kappa shape index (κ2) is 8.92. The molecule has 0 fully saturated rings. The molecule has 2 aromatic rings. The van der Waals surface area contributed by atoms with Gasteiger partial charge in [-0.2, -0.15) is 5.26 Å². The number of nitrogens with one attached hydrogen (secondary N) is 3. The summed E-state index contributed by atoms with van der Waals surface area (Å²) in [6.07, 6.45) is 0. The van der Waals surface area contributed by atoms with Crippen molar-refractivity contribution < 1.29 is 9.59 Å². The molecule has 25 heavy (non-hydrogen) atoms. The molecular weight excluding hydrogens is 363 g/mol. The van der Waals surface area contributed by atoms with Crippen molar-refractivity contribution in [2.75, 3.05) is 18.4 Å². The molecule has 0 spiro atoms. The Labute approximate surface area is 154 Å². The lowest BCUT2D eigenvalue weighted by Crippen LogP contribution is -2.36. The molecule has 0 bridgehead atoms. The summed E-state index contributed by atoms with van der Waals surface area (Å²) in [7, 11) is 0. The average Bonchev–Trinajstić information content (AvgIpc) is 2.61. The molecule has 8 heteroatoms. The van der Waals surface area contributed by atoms with Crippen molar-refractivity contribution in [1.29, 1.82) is 5.26 Å². The maximum Gasteiger partial charge on any atom is 0.319 e. The van der Waals surface area contributed by atoms with Crippen LogP contribution in [0.15, 0.2) is 42.5 Å². The van der Waals surface area contributed by atoms with E-state index in [0.29, 0.717) is 26.9 Å². The fourth-order valence-corrected chi connectivity index (χ4v) is 2.23. The monoisotopic (exact) mass is 376 g/mol. The maximum absolute atomic E-state index is 11.9. The summed E-state index contributed by atoms with van der Waals surface area (Å²) in [5.74, 6) is -0.317. The number of nitriles is 1. The predicted molar refractivity (Wildman–Crippen MR) is 97.0 cm³/mol. The van der Waals surface area contributed by atoms with Crippen molar-refractivity contribution in [1.82, 2.24) is 10.6 Å². The van der Waals surface area contributed by atoms with E-state index in [1.165, 1.54) is 6.07 Å². The normalized spacial score (nSPS) is 9.80. The Morgan fingerprint density at radius 1 is 1.00 bits per heavy atom. The number of nitrogens with zero attached hydrogens (tertiary/aromatic N) is 1. The van der Waals surface area contributed by atoms with Gasteiger partial charge in [-0.05, 0) is 36.4 Å². The minimum atomic E-state index is -0.432. The van der Waals surface area contributed by atoms with Crippen molar-refractivity contribution in [2.45, 2.75) is 0 Å². The van der Waals surface area contributed by atoms with Crippen LogP contribution in [0.1, 0.15) is 15.9 Å².